The van der Waals surface area contributed by atoms with Crippen LogP contribution >= 0.6 is 0 Å². The number of oxazole rings is 1. The highest BCUT2D eigenvalue weighted by Gasteiger charge is 2.30. The summed E-state index contributed by atoms with van der Waals surface area (Å²) in [6, 6.07) is 11.0. The minimum atomic E-state index is -4.37. The Morgan fingerprint density at radius 3 is 2.57 bits per heavy atom. The average molecular weight is 420 g/mol. The first-order chi connectivity index (χ1) is 14.3. The summed E-state index contributed by atoms with van der Waals surface area (Å²) in [6.45, 7) is 0.680. The number of rotatable bonds is 6. The van der Waals surface area contributed by atoms with Gasteiger partial charge in [-0.3, -0.25) is 4.99 Å². The van der Waals surface area contributed by atoms with Crippen LogP contribution in [0.15, 0.2) is 64.2 Å². The van der Waals surface area contributed by atoms with Crippen molar-refractivity contribution in [1.82, 2.24) is 15.6 Å². The van der Waals surface area contributed by atoms with E-state index < -0.39 is 11.7 Å². The molecule has 3 aromatic rings. The van der Waals surface area contributed by atoms with Gasteiger partial charge in [-0.2, -0.15) is 13.2 Å². The molecule has 1 aromatic heterocycles. The third-order valence-corrected chi connectivity index (χ3v) is 4.25. The third kappa shape index (κ3) is 5.82. The van der Waals surface area contributed by atoms with Crippen molar-refractivity contribution in [3.8, 4) is 11.5 Å². The van der Waals surface area contributed by atoms with Gasteiger partial charge >= 0.3 is 6.18 Å². The SMILES string of the molecule is CN=C(NCCc1coc(-c2ccc(F)cc2)n1)NCc1cccc(C(F)(F)F)c1. The molecule has 5 nitrogen and oxygen atoms in total. The van der Waals surface area contributed by atoms with E-state index in [1.54, 1.807) is 25.2 Å². The first-order valence-electron chi connectivity index (χ1n) is 9.16. The van der Waals surface area contributed by atoms with Gasteiger partial charge in [0.05, 0.1) is 11.3 Å². The van der Waals surface area contributed by atoms with Crippen LogP contribution in [-0.2, 0) is 19.1 Å². The summed E-state index contributed by atoms with van der Waals surface area (Å²) in [7, 11) is 1.57. The molecule has 3 rings (SSSR count). The minimum Gasteiger partial charge on any atom is -0.444 e. The van der Waals surface area contributed by atoms with Gasteiger partial charge in [0.1, 0.15) is 12.1 Å². The molecule has 0 radical (unpaired) electrons. The topological polar surface area (TPSA) is 62.5 Å². The number of halogens is 4. The number of guanidine groups is 1. The number of nitrogens with one attached hydrogen (secondary N) is 2. The van der Waals surface area contributed by atoms with Crippen LogP contribution in [0, 0.1) is 5.82 Å². The quantitative estimate of drug-likeness (QED) is 0.352. The molecule has 158 valence electrons. The summed E-state index contributed by atoms with van der Waals surface area (Å²) in [4.78, 5) is 8.42. The lowest BCUT2D eigenvalue weighted by atomic mass is 10.1. The molecule has 30 heavy (non-hydrogen) atoms. The molecule has 0 unspecified atom stereocenters. The van der Waals surface area contributed by atoms with Crippen LogP contribution in [0.1, 0.15) is 16.8 Å². The molecule has 0 aliphatic heterocycles. The second-order valence-electron chi connectivity index (χ2n) is 6.45. The average Bonchev–Trinajstić information content (AvgIpc) is 3.19. The first-order valence-corrected chi connectivity index (χ1v) is 9.16. The number of aliphatic imine (C=N–C) groups is 1. The van der Waals surface area contributed by atoms with Gasteiger partial charge in [-0.05, 0) is 42.0 Å². The van der Waals surface area contributed by atoms with Crippen LogP contribution in [0.2, 0.25) is 0 Å². The third-order valence-electron chi connectivity index (χ3n) is 4.25. The first kappa shape index (κ1) is 21.4. The zero-order valence-corrected chi connectivity index (χ0v) is 16.1. The highest BCUT2D eigenvalue weighted by atomic mass is 19.4. The van der Waals surface area contributed by atoms with Crippen molar-refractivity contribution in [3.63, 3.8) is 0 Å². The van der Waals surface area contributed by atoms with E-state index in [-0.39, 0.29) is 12.4 Å². The standard InChI is InChI=1S/C21H20F4N4O/c1-26-20(28-12-14-3-2-4-16(11-14)21(23,24)25)27-10-9-18-13-30-19(29-18)15-5-7-17(22)8-6-15/h2-8,11,13H,9-10,12H2,1H3,(H2,26,27,28). The molecule has 1 heterocycles. The van der Waals surface area contributed by atoms with Gasteiger partial charge in [0.15, 0.2) is 5.96 Å². The Balaban J connectivity index is 1.49. The number of benzene rings is 2. The maximum Gasteiger partial charge on any atom is 0.416 e. The van der Waals surface area contributed by atoms with Crippen LogP contribution in [0.4, 0.5) is 17.6 Å². The molecular weight excluding hydrogens is 400 g/mol. The Kier molecular flexibility index (Phi) is 6.71. The molecule has 0 atom stereocenters. The van der Waals surface area contributed by atoms with Gasteiger partial charge in [-0.1, -0.05) is 12.1 Å². The Labute approximate surface area is 170 Å². The van der Waals surface area contributed by atoms with Crippen LogP contribution in [0.5, 0.6) is 0 Å². The van der Waals surface area contributed by atoms with Gasteiger partial charge in [0.2, 0.25) is 5.89 Å². The normalized spacial score (nSPS) is 12.1. The molecular formula is C21H20F4N4O. The van der Waals surface area contributed by atoms with E-state index in [4.69, 9.17) is 4.42 Å². The maximum absolute atomic E-state index is 13.0. The Morgan fingerprint density at radius 1 is 1.10 bits per heavy atom. The fraction of sp³-hybridized carbons (Fsp3) is 0.238. The number of nitrogens with zero attached hydrogens (tertiary/aromatic N) is 2. The molecule has 2 N–H and O–H groups in total. The fourth-order valence-electron chi connectivity index (χ4n) is 2.72. The lowest BCUT2D eigenvalue weighted by Gasteiger charge is -2.13. The largest absolute Gasteiger partial charge is 0.444 e. The van der Waals surface area contributed by atoms with E-state index in [0.717, 1.165) is 12.1 Å². The molecule has 0 bridgehead atoms. The van der Waals surface area contributed by atoms with Gasteiger partial charge in [-0.25, -0.2) is 9.37 Å². The van der Waals surface area contributed by atoms with Crippen LogP contribution in [-0.4, -0.2) is 24.5 Å². The molecule has 2 aromatic carbocycles. The van der Waals surface area contributed by atoms with Crippen molar-refractivity contribution in [2.75, 3.05) is 13.6 Å². The molecule has 0 saturated carbocycles. The summed E-state index contributed by atoms with van der Waals surface area (Å²) in [6.07, 6.45) is -2.31. The fourth-order valence-corrected chi connectivity index (χ4v) is 2.72. The Hall–Kier alpha value is -3.36. The molecule has 0 amide bonds. The van der Waals surface area contributed by atoms with Crippen LogP contribution < -0.4 is 10.6 Å². The van der Waals surface area contributed by atoms with Crippen molar-refractivity contribution >= 4 is 5.96 Å². The second kappa shape index (κ2) is 9.43. The van der Waals surface area contributed by atoms with E-state index in [0.29, 0.717) is 41.6 Å². The zero-order chi connectivity index (χ0) is 21.6. The van der Waals surface area contributed by atoms with Crippen molar-refractivity contribution in [2.45, 2.75) is 19.1 Å². The Morgan fingerprint density at radius 2 is 1.87 bits per heavy atom. The highest BCUT2D eigenvalue weighted by molar-refractivity contribution is 5.79. The number of hydrogen-bond donors (Lipinski definition) is 2. The zero-order valence-electron chi connectivity index (χ0n) is 16.1. The summed E-state index contributed by atoms with van der Waals surface area (Å²) in [5.74, 6) is 0.519. The van der Waals surface area contributed by atoms with E-state index >= 15 is 0 Å². The summed E-state index contributed by atoms with van der Waals surface area (Å²) >= 11 is 0. The van der Waals surface area contributed by atoms with E-state index in [1.165, 1.54) is 24.5 Å². The molecule has 0 fully saturated rings. The van der Waals surface area contributed by atoms with E-state index in [2.05, 4.69) is 20.6 Å². The van der Waals surface area contributed by atoms with Crippen molar-refractivity contribution in [3.05, 3.63) is 77.4 Å². The van der Waals surface area contributed by atoms with E-state index in [9.17, 15) is 17.6 Å². The van der Waals surface area contributed by atoms with Crippen LogP contribution in [0.25, 0.3) is 11.5 Å². The van der Waals surface area contributed by atoms with Gasteiger partial charge < -0.3 is 15.1 Å². The summed E-state index contributed by atoms with van der Waals surface area (Å²) in [5, 5.41) is 6.05. The molecule has 0 saturated heterocycles. The number of aromatic nitrogens is 1. The van der Waals surface area contributed by atoms with Crippen molar-refractivity contribution < 1.29 is 22.0 Å². The molecule has 0 aliphatic rings. The molecule has 0 aliphatic carbocycles. The number of alkyl halides is 3. The van der Waals surface area contributed by atoms with Gasteiger partial charge in [0.25, 0.3) is 0 Å². The summed E-state index contributed by atoms with van der Waals surface area (Å²) in [5.41, 5.74) is 1.19. The minimum absolute atomic E-state index is 0.197. The van der Waals surface area contributed by atoms with E-state index in [1.807, 2.05) is 0 Å². The summed E-state index contributed by atoms with van der Waals surface area (Å²) < 4.78 is 56.8. The lowest BCUT2D eigenvalue weighted by Crippen LogP contribution is -2.37. The lowest BCUT2D eigenvalue weighted by molar-refractivity contribution is -0.137. The maximum atomic E-state index is 13.0. The van der Waals surface area contributed by atoms with Gasteiger partial charge in [-0.15, -0.1) is 0 Å². The highest BCUT2D eigenvalue weighted by Crippen LogP contribution is 2.29. The van der Waals surface area contributed by atoms with Gasteiger partial charge in [0, 0.05) is 32.1 Å². The predicted molar refractivity (Wildman–Crippen MR) is 105 cm³/mol. The molecule has 0 spiro atoms. The number of hydrogen-bond acceptors (Lipinski definition) is 3. The second-order valence-corrected chi connectivity index (χ2v) is 6.45. The molecule has 9 heteroatoms. The van der Waals surface area contributed by atoms with Crippen LogP contribution in [0.3, 0.4) is 0 Å². The monoisotopic (exact) mass is 420 g/mol. The van der Waals surface area contributed by atoms with Crippen molar-refractivity contribution in [2.24, 2.45) is 4.99 Å². The Bertz CT molecular complexity index is 997. The van der Waals surface area contributed by atoms with Crippen molar-refractivity contribution in [1.29, 1.82) is 0 Å². The predicted octanol–water partition coefficient (Wildman–Crippen LogP) is 4.41. The smallest absolute Gasteiger partial charge is 0.416 e.